The lowest BCUT2D eigenvalue weighted by atomic mass is 10.1. The first-order valence-corrected chi connectivity index (χ1v) is 11.2. The number of nitrogens with zero attached hydrogens (tertiary/aromatic N) is 6. The molecule has 12 heteroatoms. The highest BCUT2D eigenvalue weighted by Gasteiger charge is 2.17. The maximum atomic E-state index is 12.5. The smallest absolute Gasteiger partial charge is 0.332 e. The highest BCUT2D eigenvalue weighted by molar-refractivity contribution is 7.07. The molecule has 0 bridgehead atoms. The predicted octanol–water partition coefficient (Wildman–Crippen LogP) is 0.324. The molecule has 176 valence electrons. The Labute approximate surface area is 196 Å². The highest BCUT2D eigenvalue weighted by Crippen LogP contribution is 2.06. The van der Waals surface area contributed by atoms with Gasteiger partial charge in [0.05, 0.1) is 6.33 Å². The third kappa shape index (κ3) is 4.66. The van der Waals surface area contributed by atoms with Crippen molar-refractivity contribution in [1.82, 2.24) is 23.3 Å². The van der Waals surface area contributed by atoms with Crippen LogP contribution in [0.15, 0.2) is 56.8 Å². The third-order valence-electron chi connectivity index (χ3n) is 5.23. The van der Waals surface area contributed by atoms with Gasteiger partial charge in [-0.3, -0.25) is 23.5 Å². The van der Waals surface area contributed by atoms with Crippen LogP contribution in [0.5, 0.6) is 0 Å². The standard InChI is InChI=1S/C22H22N6O5S/c1-14-4-6-15(7-5-14)10-27-8-9-34-21(27)24-16(29)12-33-17(30)11-28-13-23-19-18(28)20(31)26(3)22(32)25(19)2/h4-9,13H,10-12H2,1-3H3. The molecular weight excluding hydrogens is 460 g/mol. The summed E-state index contributed by atoms with van der Waals surface area (Å²) in [6, 6.07) is 8.06. The lowest BCUT2D eigenvalue weighted by Gasteiger charge is -2.06. The zero-order valence-electron chi connectivity index (χ0n) is 18.8. The molecule has 0 aliphatic rings. The lowest BCUT2D eigenvalue weighted by molar-refractivity contribution is -0.148. The van der Waals surface area contributed by atoms with Crippen LogP contribution in [-0.2, 0) is 41.5 Å². The van der Waals surface area contributed by atoms with Crippen LogP contribution in [0, 0.1) is 6.92 Å². The number of fused-ring (bicyclic) bond motifs is 1. The number of esters is 1. The van der Waals surface area contributed by atoms with Gasteiger partial charge < -0.3 is 13.9 Å². The van der Waals surface area contributed by atoms with Crippen molar-refractivity contribution in [2.45, 2.75) is 20.0 Å². The molecule has 0 saturated carbocycles. The molecule has 4 aromatic rings. The van der Waals surface area contributed by atoms with Gasteiger partial charge in [0.25, 0.3) is 11.5 Å². The minimum Gasteiger partial charge on any atom is -0.454 e. The van der Waals surface area contributed by atoms with Gasteiger partial charge in [0.15, 0.2) is 22.6 Å². The summed E-state index contributed by atoms with van der Waals surface area (Å²) in [4.78, 5) is 57.7. The SMILES string of the molecule is Cc1ccc(Cn2ccsc2=NC(=O)COC(=O)Cn2cnc3c2c(=O)n(C)c(=O)n3C)cc1. The first-order valence-electron chi connectivity index (χ1n) is 10.3. The van der Waals surface area contributed by atoms with Crippen molar-refractivity contribution in [3.63, 3.8) is 0 Å². The van der Waals surface area contributed by atoms with Crippen LogP contribution in [-0.4, -0.2) is 41.7 Å². The molecule has 0 aliphatic heterocycles. The maximum Gasteiger partial charge on any atom is 0.332 e. The van der Waals surface area contributed by atoms with Gasteiger partial charge in [0, 0.05) is 32.2 Å². The Hall–Kier alpha value is -4.06. The summed E-state index contributed by atoms with van der Waals surface area (Å²) >= 11 is 1.30. The molecule has 1 aromatic carbocycles. The average molecular weight is 483 g/mol. The Morgan fingerprint density at radius 3 is 2.56 bits per heavy atom. The second kappa shape index (κ2) is 9.43. The first kappa shape index (κ1) is 23.1. The Morgan fingerprint density at radius 2 is 1.82 bits per heavy atom. The van der Waals surface area contributed by atoms with E-state index in [4.69, 9.17) is 4.74 Å². The van der Waals surface area contributed by atoms with E-state index in [1.54, 1.807) is 0 Å². The maximum absolute atomic E-state index is 12.5. The number of hydrogen-bond acceptors (Lipinski definition) is 7. The highest BCUT2D eigenvalue weighted by atomic mass is 32.1. The lowest BCUT2D eigenvalue weighted by Crippen LogP contribution is -2.37. The largest absolute Gasteiger partial charge is 0.454 e. The predicted molar refractivity (Wildman–Crippen MR) is 124 cm³/mol. The molecule has 0 spiro atoms. The number of ether oxygens (including phenoxy) is 1. The summed E-state index contributed by atoms with van der Waals surface area (Å²) in [7, 11) is 2.82. The second-order valence-electron chi connectivity index (χ2n) is 7.72. The Morgan fingerprint density at radius 1 is 1.09 bits per heavy atom. The van der Waals surface area contributed by atoms with Gasteiger partial charge in [-0.25, -0.2) is 9.78 Å². The fraction of sp³-hybridized carbons (Fsp3) is 0.273. The quantitative estimate of drug-likeness (QED) is 0.365. The van der Waals surface area contributed by atoms with E-state index in [1.807, 2.05) is 47.3 Å². The Bertz CT molecular complexity index is 1570. The number of carbonyl (C=O) groups excluding carboxylic acids is 2. The monoisotopic (exact) mass is 482 g/mol. The number of carbonyl (C=O) groups is 2. The van der Waals surface area contributed by atoms with Crippen molar-refractivity contribution in [1.29, 1.82) is 0 Å². The van der Waals surface area contributed by atoms with Gasteiger partial charge in [-0.15, -0.1) is 11.3 Å². The van der Waals surface area contributed by atoms with Gasteiger partial charge in [0.1, 0.15) is 6.54 Å². The topological polar surface area (TPSA) is 122 Å². The molecular formula is C22H22N6O5S. The average Bonchev–Trinajstić information content (AvgIpc) is 3.43. The molecule has 0 N–H and O–H groups in total. The number of aryl methyl sites for hydroxylation is 2. The summed E-state index contributed by atoms with van der Waals surface area (Å²) in [5.41, 5.74) is 1.38. The molecule has 3 heterocycles. The molecule has 0 unspecified atom stereocenters. The number of aromatic nitrogens is 5. The van der Waals surface area contributed by atoms with Crippen molar-refractivity contribution in [2.75, 3.05) is 6.61 Å². The van der Waals surface area contributed by atoms with Crippen LogP contribution in [0.1, 0.15) is 11.1 Å². The number of benzene rings is 1. The van der Waals surface area contributed by atoms with E-state index in [0.717, 1.165) is 15.7 Å². The number of imidazole rings is 1. The van der Waals surface area contributed by atoms with Crippen LogP contribution in [0.3, 0.4) is 0 Å². The Kier molecular flexibility index (Phi) is 6.41. The molecule has 11 nitrogen and oxygen atoms in total. The van der Waals surface area contributed by atoms with E-state index in [-0.39, 0.29) is 17.7 Å². The minimum atomic E-state index is -0.738. The molecule has 0 atom stereocenters. The van der Waals surface area contributed by atoms with E-state index >= 15 is 0 Å². The van der Waals surface area contributed by atoms with Gasteiger partial charge in [-0.05, 0) is 12.5 Å². The van der Waals surface area contributed by atoms with Gasteiger partial charge >= 0.3 is 11.7 Å². The molecule has 34 heavy (non-hydrogen) atoms. The number of rotatable bonds is 6. The minimum absolute atomic E-state index is 0.0910. The van der Waals surface area contributed by atoms with E-state index in [9.17, 15) is 19.2 Å². The van der Waals surface area contributed by atoms with Gasteiger partial charge in [-0.1, -0.05) is 29.8 Å². The van der Waals surface area contributed by atoms with Crippen LogP contribution in [0.4, 0.5) is 0 Å². The van der Waals surface area contributed by atoms with Crippen LogP contribution in [0.2, 0.25) is 0 Å². The summed E-state index contributed by atoms with van der Waals surface area (Å²) in [5, 5.41) is 1.82. The molecule has 0 saturated heterocycles. The summed E-state index contributed by atoms with van der Waals surface area (Å²) < 4.78 is 10.3. The summed E-state index contributed by atoms with van der Waals surface area (Å²) in [5.74, 6) is -1.35. The molecule has 0 radical (unpaired) electrons. The van der Waals surface area contributed by atoms with Crippen LogP contribution < -0.4 is 16.1 Å². The summed E-state index contributed by atoms with van der Waals surface area (Å²) in [6.45, 7) is 1.69. The molecule has 0 fully saturated rings. The van der Waals surface area contributed by atoms with Crippen LogP contribution in [0.25, 0.3) is 11.2 Å². The van der Waals surface area contributed by atoms with Gasteiger partial charge in [0.2, 0.25) is 0 Å². The molecule has 0 aliphatic carbocycles. The molecule has 1 amide bonds. The van der Waals surface area contributed by atoms with E-state index in [1.165, 1.54) is 40.9 Å². The third-order valence-corrected chi connectivity index (χ3v) is 6.02. The number of hydrogen-bond donors (Lipinski definition) is 0. The molecule has 4 rings (SSSR count). The van der Waals surface area contributed by atoms with E-state index < -0.39 is 29.7 Å². The fourth-order valence-corrected chi connectivity index (χ4v) is 4.12. The van der Waals surface area contributed by atoms with Crippen LogP contribution >= 0.6 is 11.3 Å². The van der Waals surface area contributed by atoms with E-state index in [2.05, 4.69) is 9.98 Å². The molecule has 3 aromatic heterocycles. The van der Waals surface area contributed by atoms with Crippen molar-refractivity contribution in [2.24, 2.45) is 19.1 Å². The zero-order chi connectivity index (χ0) is 24.4. The zero-order valence-corrected chi connectivity index (χ0v) is 19.6. The normalized spacial score (nSPS) is 11.8. The van der Waals surface area contributed by atoms with Crippen molar-refractivity contribution < 1.29 is 14.3 Å². The summed E-state index contributed by atoms with van der Waals surface area (Å²) in [6.07, 6.45) is 3.11. The van der Waals surface area contributed by atoms with Crippen molar-refractivity contribution >= 4 is 34.4 Å². The number of amides is 1. The van der Waals surface area contributed by atoms with Crippen molar-refractivity contribution in [3.8, 4) is 0 Å². The number of thiazole rings is 1. The van der Waals surface area contributed by atoms with Crippen molar-refractivity contribution in [3.05, 3.63) is 78.9 Å². The Balaban J connectivity index is 1.43. The first-order chi connectivity index (χ1) is 16.2. The fourth-order valence-electron chi connectivity index (χ4n) is 3.38. The second-order valence-corrected chi connectivity index (χ2v) is 8.59. The van der Waals surface area contributed by atoms with Gasteiger partial charge in [-0.2, -0.15) is 4.99 Å². The van der Waals surface area contributed by atoms with E-state index in [0.29, 0.717) is 11.3 Å².